The maximum Gasteiger partial charge on any atom is 0.325 e. The Hall–Kier alpha value is -2.81. The van der Waals surface area contributed by atoms with Crippen molar-refractivity contribution in [3.63, 3.8) is 0 Å². The lowest BCUT2D eigenvalue weighted by atomic mass is 10.3. The summed E-state index contributed by atoms with van der Waals surface area (Å²) in [6.07, 6.45) is 0. The second-order valence-electron chi connectivity index (χ2n) is 5.47. The van der Waals surface area contributed by atoms with Gasteiger partial charge < -0.3 is 14.8 Å². The normalized spacial score (nSPS) is 14.0. The largest absolute Gasteiger partial charge is 0.481 e. The average Bonchev–Trinajstić information content (AvgIpc) is 2.96. The minimum Gasteiger partial charge on any atom is -0.481 e. The summed E-state index contributed by atoms with van der Waals surface area (Å²) in [4.78, 5) is 18.5. The minimum absolute atomic E-state index is 0.273. The molecule has 0 saturated carbocycles. The lowest BCUT2D eigenvalue weighted by molar-refractivity contribution is 0.258. The fourth-order valence-corrected chi connectivity index (χ4v) is 2.52. The quantitative estimate of drug-likeness (QED) is 0.879. The van der Waals surface area contributed by atoms with Gasteiger partial charge in [0.15, 0.2) is 5.82 Å². The Morgan fingerprint density at radius 2 is 2.04 bits per heavy atom. The van der Waals surface area contributed by atoms with Gasteiger partial charge >= 0.3 is 6.03 Å². The van der Waals surface area contributed by atoms with Gasteiger partial charge in [0.05, 0.1) is 26.5 Å². The zero-order valence-corrected chi connectivity index (χ0v) is 13.9. The first-order valence-electron chi connectivity index (χ1n) is 7.51. The molecule has 0 aromatic carbocycles. The maximum absolute atomic E-state index is 12.2. The molecule has 3 heterocycles. The van der Waals surface area contributed by atoms with Gasteiger partial charge in [-0.2, -0.15) is 10.1 Å². The van der Waals surface area contributed by atoms with E-state index in [1.807, 2.05) is 10.7 Å². The molecule has 2 aromatic rings. The number of fused-ring (bicyclic) bond motifs is 1. The number of aromatic nitrogens is 3. The molecule has 0 fully saturated rings. The van der Waals surface area contributed by atoms with Crippen LogP contribution in [0.5, 0.6) is 11.8 Å². The molecule has 2 N–H and O–H groups in total. The number of rotatable bonds is 4. The molecule has 9 nitrogen and oxygen atoms in total. The number of hydrogen-bond acceptors (Lipinski definition) is 6. The van der Waals surface area contributed by atoms with Gasteiger partial charge in [0.25, 0.3) is 0 Å². The SMILES string of the molecule is COc1ccc(NC(=O)Nc2cc3n(n2)CCN(C)C3)c(OC)n1. The molecule has 0 radical (unpaired) electrons. The smallest absolute Gasteiger partial charge is 0.325 e. The van der Waals surface area contributed by atoms with Crippen LogP contribution in [-0.2, 0) is 13.1 Å². The van der Waals surface area contributed by atoms with E-state index in [2.05, 4.69) is 32.7 Å². The standard InChI is InChI=1S/C15H20N6O3/c1-20-6-7-21-10(9-20)8-12(19-21)17-15(22)16-11-4-5-13(23-2)18-14(11)24-3/h4-5,8H,6-7,9H2,1-3H3,(H2,16,17,19,22). The van der Waals surface area contributed by atoms with Crippen LogP contribution >= 0.6 is 0 Å². The number of nitrogens with zero attached hydrogens (tertiary/aromatic N) is 4. The van der Waals surface area contributed by atoms with Gasteiger partial charge in [-0.1, -0.05) is 0 Å². The molecule has 0 unspecified atom stereocenters. The third kappa shape index (κ3) is 3.40. The maximum atomic E-state index is 12.2. The van der Waals surface area contributed by atoms with Crippen LogP contribution in [0.2, 0.25) is 0 Å². The Kier molecular flexibility index (Phi) is 4.52. The molecule has 2 amide bonds. The van der Waals surface area contributed by atoms with Crippen molar-refractivity contribution in [3.8, 4) is 11.8 Å². The van der Waals surface area contributed by atoms with Crippen LogP contribution in [0.3, 0.4) is 0 Å². The number of pyridine rings is 1. The average molecular weight is 332 g/mol. The van der Waals surface area contributed by atoms with E-state index in [-0.39, 0.29) is 5.88 Å². The van der Waals surface area contributed by atoms with Crippen molar-refractivity contribution in [3.05, 3.63) is 23.9 Å². The van der Waals surface area contributed by atoms with Crippen molar-refractivity contribution in [2.24, 2.45) is 0 Å². The van der Waals surface area contributed by atoms with Crippen LogP contribution in [0.1, 0.15) is 5.69 Å². The molecule has 0 spiro atoms. The predicted molar refractivity (Wildman–Crippen MR) is 88.5 cm³/mol. The Morgan fingerprint density at radius 1 is 1.21 bits per heavy atom. The highest BCUT2D eigenvalue weighted by Gasteiger charge is 2.17. The second-order valence-corrected chi connectivity index (χ2v) is 5.47. The lowest BCUT2D eigenvalue weighted by Gasteiger charge is -2.22. The van der Waals surface area contributed by atoms with Gasteiger partial charge in [-0.3, -0.25) is 14.9 Å². The molecule has 0 aliphatic carbocycles. The van der Waals surface area contributed by atoms with E-state index in [9.17, 15) is 4.79 Å². The molecular weight excluding hydrogens is 312 g/mol. The van der Waals surface area contributed by atoms with E-state index in [0.717, 1.165) is 25.3 Å². The number of nitrogens with one attached hydrogen (secondary N) is 2. The third-order valence-electron chi connectivity index (χ3n) is 3.72. The first-order valence-corrected chi connectivity index (χ1v) is 7.51. The highest BCUT2D eigenvalue weighted by molar-refractivity contribution is 5.99. The summed E-state index contributed by atoms with van der Waals surface area (Å²) in [7, 11) is 5.05. The van der Waals surface area contributed by atoms with E-state index < -0.39 is 6.03 Å². The molecule has 0 saturated heterocycles. The van der Waals surface area contributed by atoms with Crippen molar-refractivity contribution in [1.82, 2.24) is 19.7 Å². The van der Waals surface area contributed by atoms with E-state index in [0.29, 0.717) is 17.4 Å². The van der Waals surface area contributed by atoms with E-state index >= 15 is 0 Å². The number of carbonyl (C=O) groups is 1. The number of anilines is 2. The number of amides is 2. The zero-order valence-electron chi connectivity index (χ0n) is 13.9. The summed E-state index contributed by atoms with van der Waals surface area (Å²) in [6, 6.07) is 4.77. The van der Waals surface area contributed by atoms with Crippen molar-refractivity contribution < 1.29 is 14.3 Å². The topological polar surface area (TPSA) is 93.5 Å². The highest BCUT2D eigenvalue weighted by atomic mass is 16.5. The first-order chi connectivity index (χ1) is 11.6. The van der Waals surface area contributed by atoms with Crippen molar-refractivity contribution in [1.29, 1.82) is 0 Å². The summed E-state index contributed by atoms with van der Waals surface area (Å²) in [6.45, 7) is 2.56. The summed E-state index contributed by atoms with van der Waals surface area (Å²) in [5.41, 5.74) is 1.52. The van der Waals surface area contributed by atoms with E-state index in [4.69, 9.17) is 9.47 Å². The number of likely N-dealkylation sites (N-methyl/N-ethyl adjacent to an activating group) is 1. The first kappa shape index (κ1) is 16.1. The number of methoxy groups -OCH3 is 2. The Balaban J connectivity index is 1.68. The fraction of sp³-hybridized carbons (Fsp3) is 0.400. The number of urea groups is 1. The monoisotopic (exact) mass is 332 g/mol. The summed E-state index contributed by atoms with van der Waals surface area (Å²) < 4.78 is 12.1. The van der Waals surface area contributed by atoms with E-state index in [1.165, 1.54) is 14.2 Å². The highest BCUT2D eigenvalue weighted by Crippen LogP contribution is 2.25. The van der Waals surface area contributed by atoms with Crippen molar-refractivity contribution in [2.75, 3.05) is 38.4 Å². The molecule has 128 valence electrons. The van der Waals surface area contributed by atoms with Crippen molar-refractivity contribution >= 4 is 17.5 Å². The summed E-state index contributed by atoms with van der Waals surface area (Å²) in [5, 5.41) is 9.81. The molecule has 24 heavy (non-hydrogen) atoms. The van der Waals surface area contributed by atoms with Crippen LogP contribution < -0.4 is 20.1 Å². The molecule has 0 bridgehead atoms. The molecular formula is C15H20N6O3. The number of carbonyl (C=O) groups excluding carboxylic acids is 1. The zero-order chi connectivity index (χ0) is 17.1. The summed E-state index contributed by atoms with van der Waals surface area (Å²) in [5.74, 6) is 1.19. The van der Waals surface area contributed by atoms with Crippen LogP contribution in [0.15, 0.2) is 18.2 Å². The van der Waals surface area contributed by atoms with Gasteiger partial charge in [-0.15, -0.1) is 0 Å². The van der Waals surface area contributed by atoms with Crippen LogP contribution in [0, 0.1) is 0 Å². The molecule has 1 aliphatic heterocycles. The molecule has 2 aromatic heterocycles. The Bertz CT molecular complexity index is 745. The second kappa shape index (κ2) is 6.75. The van der Waals surface area contributed by atoms with Gasteiger partial charge in [-0.25, -0.2) is 4.79 Å². The Labute approximate surface area is 139 Å². The summed E-state index contributed by atoms with van der Waals surface area (Å²) >= 11 is 0. The van der Waals surface area contributed by atoms with Crippen LogP contribution in [-0.4, -0.2) is 53.5 Å². The van der Waals surface area contributed by atoms with E-state index in [1.54, 1.807) is 12.1 Å². The van der Waals surface area contributed by atoms with Gasteiger partial charge in [0.1, 0.15) is 5.69 Å². The van der Waals surface area contributed by atoms with Crippen molar-refractivity contribution in [2.45, 2.75) is 13.1 Å². The van der Waals surface area contributed by atoms with Gasteiger partial charge in [0.2, 0.25) is 11.8 Å². The fourth-order valence-electron chi connectivity index (χ4n) is 2.52. The van der Waals surface area contributed by atoms with Gasteiger partial charge in [0, 0.05) is 25.2 Å². The lowest BCUT2D eigenvalue weighted by Crippen LogP contribution is -2.30. The molecule has 1 aliphatic rings. The van der Waals surface area contributed by atoms with Crippen LogP contribution in [0.4, 0.5) is 16.3 Å². The molecule has 0 atom stereocenters. The minimum atomic E-state index is -0.413. The van der Waals surface area contributed by atoms with Gasteiger partial charge in [-0.05, 0) is 13.1 Å². The Morgan fingerprint density at radius 3 is 2.79 bits per heavy atom. The molecule has 3 rings (SSSR count). The number of ether oxygens (including phenoxy) is 2. The third-order valence-corrected chi connectivity index (χ3v) is 3.72. The predicted octanol–water partition coefficient (Wildman–Crippen LogP) is 1.38. The number of hydrogen-bond donors (Lipinski definition) is 2. The molecule has 9 heteroatoms. The van der Waals surface area contributed by atoms with Crippen LogP contribution in [0.25, 0.3) is 0 Å².